The molecule has 1 heterocycles. The molecule has 120 valence electrons. The molecule has 23 heavy (non-hydrogen) atoms. The highest BCUT2D eigenvalue weighted by Crippen LogP contribution is 2.42. The Morgan fingerprint density at radius 1 is 1.04 bits per heavy atom. The highest BCUT2D eigenvalue weighted by atomic mass is 32.2. The number of hydrogen-bond acceptors (Lipinski definition) is 4. The number of halogens is 3. The van der Waals surface area contributed by atoms with Gasteiger partial charge in [0.15, 0.2) is 0 Å². The maximum absolute atomic E-state index is 12.6. The molecule has 0 aliphatic rings. The van der Waals surface area contributed by atoms with E-state index < -0.39 is 5.51 Å². The zero-order valence-corrected chi connectivity index (χ0v) is 12.7. The van der Waals surface area contributed by atoms with Gasteiger partial charge in [-0.25, -0.2) is 0 Å². The van der Waals surface area contributed by atoms with Crippen LogP contribution in [0.5, 0.6) is 17.2 Å². The van der Waals surface area contributed by atoms with Gasteiger partial charge in [0.05, 0.1) is 24.2 Å². The van der Waals surface area contributed by atoms with Crippen molar-refractivity contribution in [3.63, 3.8) is 0 Å². The summed E-state index contributed by atoms with van der Waals surface area (Å²) in [5.74, 6) is 1.65. The lowest BCUT2D eigenvalue weighted by molar-refractivity contribution is -0.0327. The quantitative estimate of drug-likeness (QED) is 0.681. The highest BCUT2D eigenvalue weighted by molar-refractivity contribution is 8.00. The Morgan fingerprint density at radius 2 is 1.74 bits per heavy atom. The number of benzene rings is 2. The minimum atomic E-state index is -4.36. The molecule has 0 atom stereocenters. The number of methoxy groups -OCH3 is 1. The third kappa shape index (κ3) is 3.53. The first-order valence-electron chi connectivity index (χ1n) is 6.50. The lowest BCUT2D eigenvalue weighted by Gasteiger charge is -2.10. The number of nitrogens with one attached hydrogen (secondary N) is 1. The second-order valence-electron chi connectivity index (χ2n) is 4.55. The first kappa shape index (κ1) is 15.5. The Labute approximate surface area is 133 Å². The third-order valence-corrected chi connectivity index (χ3v) is 3.84. The lowest BCUT2D eigenvalue weighted by atomic mass is 10.2. The van der Waals surface area contributed by atoms with Crippen LogP contribution in [-0.4, -0.2) is 22.8 Å². The van der Waals surface area contributed by atoms with E-state index >= 15 is 0 Å². The van der Waals surface area contributed by atoms with Crippen LogP contribution in [0.1, 0.15) is 0 Å². The number of rotatable bonds is 4. The maximum atomic E-state index is 12.6. The smallest absolute Gasteiger partial charge is 0.446 e. The van der Waals surface area contributed by atoms with Gasteiger partial charge in [-0.2, -0.15) is 18.3 Å². The van der Waals surface area contributed by atoms with Crippen LogP contribution in [0.25, 0.3) is 10.9 Å². The molecule has 1 aromatic heterocycles. The molecule has 0 aliphatic carbocycles. The van der Waals surface area contributed by atoms with Crippen molar-refractivity contribution in [2.24, 2.45) is 0 Å². The van der Waals surface area contributed by atoms with E-state index in [0.717, 1.165) is 0 Å². The number of alkyl halides is 3. The Balaban J connectivity index is 1.92. The van der Waals surface area contributed by atoms with Gasteiger partial charge in [0.2, 0.25) is 0 Å². The van der Waals surface area contributed by atoms with Crippen molar-refractivity contribution in [2.75, 3.05) is 7.11 Å². The van der Waals surface area contributed by atoms with Crippen LogP contribution in [0.2, 0.25) is 0 Å². The van der Waals surface area contributed by atoms with Crippen LogP contribution in [-0.2, 0) is 0 Å². The van der Waals surface area contributed by atoms with Crippen molar-refractivity contribution >= 4 is 22.7 Å². The molecule has 0 radical (unpaired) electrons. The zero-order valence-electron chi connectivity index (χ0n) is 11.8. The van der Waals surface area contributed by atoms with Crippen LogP contribution in [0, 0.1) is 0 Å². The van der Waals surface area contributed by atoms with Crippen molar-refractivity contribution in [2.45, 2.75) is 10.4 Å². The topological polar surface area (TPSA) is 47.1 Å². The molecule has 2 aromatic carbocycles. The van der Waals surface area contributed by atoms with Gasteiger partial charge in [-0.15, -0.1) is 0 Å². The molecule has 1 N–H and O–H groups in total. The minimum Gasteiger partial charge on any atom is -0.497 e. The van der Waals surface area contributed by atoms with E-state index in [0.29, 0.717) is 28.2 Å². The van der Waals surface area contributed by atoms with Crippen molar-refractivity contribution in [1.29, 1.82) is 0 Å². The predicted octanol–water partition coefficient (Wildman–Crippen LogP) is 4.98. The van der Waals surface area contributed by atoms with Gasteiger partial charge in [-0.1, -0.05) is 0 Å². The summed E-state index contributed by atoms with van der Waals surface area (Å²) in [6.45, 7) is 0. The molecule has 3 rings (SSSR count). The number of thioether (sulfide) groups is 1. The lowest BCUT2D eigenvalue weighted by Crippen LogP contribution is -1.99. The summed E-state index contributed by atoms with van der Waals surface area (Å²) in [6, 6.07) is 9.74. The van der Waals surface area contributed by atoms with Gasteiger partial charge >= 0.3 is 5.51 Å². The largest absolute Gasteiger partial charge is 0.497 e. The first-order valence-corrected chi connectivity index (χ1v) is 7.31. The Hall–Kier alpha value is -2.35. The number of H-pyrrole nitrogens is 1. The average Bonchev–Trinajstić information content (AvgIpc) is 2.99. The number of hydrogen-bond donors (Lipinski definition) is 1. The molecule has 0 bridgehead atoms. The van der Waals surface area contributed by atoms with Gasteiger partial charge in [0.25, 0.3) is 0 Å². The summed E-state index contributed by atoms with van der Waals surface area (Å²) in [4.78, 5) is 0.0482. The van der Waals surface area contributed by atoms with Gasteiger partial charge in [-0.05, 0) is 48.2 Å². The Morgan fingerprint density at radius 3 is 2.39 bits per heavy atom. The highest BCUT2D eigenvalue weighted by Gasteiger charge is 2.30. The molecular weight excluding hydrogens is 329 g/mol. The van der Waals surface area contributed by atoms with Gasteiger partial charge in [-0.3, -0.25) is 5.10 Å². The molecule has 0 fully saturated rings. The van der Waals surface area contributed by atoms with E-state index in [-0.39, 0.29) is 16.7 Å². The molecule has 0 saturated carbocycles. The summed E-state index contributed by atoms with van der Waals surface area (Å²) in [5.41, 5.74) is -4.07. The molecular formula is C15H11F3N2O2S. The second-order valence-corrected chi connectivity index (χ2v) is 5.65. The van der Waals surface area contributed by atoms with Gasteiger partial charge in [0, 0.05) is 4.90 Å². The van der Waals surface area contributed by atoms with Gasteiger partial charge < -0.3 is 9.47 Å². The first-order chi connectivity index (χ1) is 11.0. The molecule has 0 saturated heterocycles. The Bertz CT molecular complexity index is 816. The minimum absolute atomic E-state index is 0.0482. The van der Waals surface area contributed by atoms with Crippen LogP contribution < -0.4 is 9.47 Å². The van der Waals surface area contributed by atoms with Crippen LogP contribution >= 0.6 is 11.8 Å². The fourth-order valence-corrected chi connectivity index (χ4v) is 2.70. The molecule has 0 amide bonds. The third-order valence-electron chi connectivity index (χ3n) is 3.05. The molecule has 3 aromatic rings. The number of fused-ring (bicyclic) bond motifs is 1. The molecule has 4 nitrogen and oxygen atoms in total. The SMILES string of the molecule is COc1ccc(Oc2ccc(SC(F)(F)F)c3[nH]ncc23)cc1. The van der Waals surface area contributed by atoms with E-state index in [2.05, 4.69) is 10.2 Å². The maximum Gasteiger partial charge on any atom is 0.446 e. The summed E-state index contributed by atoms with van der Waals surface area (Å²) < 4.78 is 48.5. The molecule has 0 unspecified atom stereocenters. The summed E-state index contributed by atoms with van der Waals surface area (Å²) >= 11 is -0.189. The second kappa shape index (κ2) is 6.04. The van der Waals surface area contributed by atoms with Crippen molar-refractivity contribution < 1.29 is 22.6 Å². The summed E-state index contributed by atoms with van der Waals surface area (Å²) in [5, 5.41) is 6.88. The zero-order chi connectivity index (χ0) is 16.4. The molecule has 0 spiro atoms. The fourth-order valence-electron chi connectivity index (χ4n) is 2.05. The van der Waals surface area contributed by atoms with E-state index in [1.165, 1.54) is 18.3 Å². The van der Waals surface area contributed by atoms with E-state index in [1.807, 2.05) is 0 Å². The number of ether oxygens (including phenoxy) is 2. The standard InChI is InChI=1S/C15H11F3N2O2S/c1-21-9-2-4-10(5-3-9)22-12-6-7-13(23-15(16,17)18)14-11(12)8-19-20-14/h2-8H,1H3,(H,19,20). The molecule has 0 aliphatic heterocycles. The normalized spacial score (nSPS) is 11.7. The van der Waals surface area contributed by atoms with Crippen molar-refractivity contribution in [1.82, 2.24) is 10.2 Å². The average molecular weight is 340 g/mol. The molecule has 8 heteroatoms. The Kier molecular flexibility index (Phi) is 4.08. The van der Waals surface area contributed by atoms with Crippen LogP contribution in [0.15, 0.2) is 47.5 Å². The van der Waals surface area contributed by atoms with Gasteiger partial charge in [0.1, 0.15) is 17.2 Å². The van der Waals surface area contributed by atoms with E-state index in [4.69, 9.17) is 9.47 Å². The predicted molar refractivity (Wildman–Crippen MR) is 81.1 cm³/mol. The van der Waals surface area contributed by atoms with Crippen LogP contribution in [0.3, 0.4) is 0 Å². The number of nitrogens with zero attached hydrogens (tertiary/aromatic N) is 1. The number of aromatic nitrogens is 2. The number of aromatic amines is 1. The van der Waals surface area contributed by atoms with Crippen molar-refractivity contribution in [3.8, 4) is 17.2 Å². The van der Waals surface area contributed by atoms with E-state index in [9.17, 15) is 13.2 Å². The summed E-state index contributed by atoms with van der Waals surface area (Å²) in [7, 11) is 1.56. The van der Waals surface area contributed by atoms with Crippen LogP contribution in [0.4, 0.5) is 13.2 Å². The monoisotopic (exact) mass is 340 g/mol. The van der Waals surface area contributed by atoms with Crippen molar-refractivity contribution in [3.05, 3.63) is 42.6 Å². The summed E-state index contributed by atoms with van der Waals surface area (Å²) in [6.07, 6.45) is 1.44. The van der Waals surface area contributed by atoms with E-state index in [1.54, 1.807) is 31.4 Å². The fraction of sp³-hybridized carbons (Fsp3) is 0.133.